The molecule has 222 valence electrons. The fraction of sp³-hybridized carbons (Fsp3) is 0.303. The van der Waals surface area contributed by atoms with E-state index in [1.54, 1.807) is 0 Å². The van der Waals surface area contributed by atoms with Gasteiger partial charge in [0.15, 0.2) is 5.75 Å². The predicted octanol–water partition coefficient (Wildman–Crippen LogP) is 6.70. The minimum absolute atomic E-state index is 0.00329. The van der Waals surface area contributed by atoms with Crippen LogP contribution in [0.4, 0.5) is 5.69 Å². The summed E-state index contributed by atoms with van der Waals surface area (Å²) in [5.74, 6) is 4.40. The van der Waals surface area contributed by atoms with Gasteiger partial charge in [-0.15, -0.1) is 0 Å². The first-order valence-electron chi connectivity index (χ1n) is 14.1. The monoisotopic (exact) mass is 607 g/mol. The van der Waals surface area contributed by atoms with Crippen LogP contribution in [-0.2, 0) is 26.3 Å². The number of hydrogen-bond donors (Lipinski definition) is 2. The van der Waals surface area contributed by atoms with E-state index in [9.17, 15) is 21.7 Å². The van der Waals surface area contributed by atoms with Gasteiger partial charge in [-0.2, -0.15) is 8.42 Å². The van der Waals surface area contributed by atoms with E-state index in [4.69, 9.17) is 4.74 Å². The first-order chi connectivity index (χ1) is 19.8. The van der Waals surface area contributed by atoms with Gasteiger partial charge < -0.3 is 14.2 Å². The number of aryl methyl sites for hydroxylation is 2. The molecule has 1 atom stereocenters. The molecule has 3 aromatic carbocycles. The normalized spacial score (nSPS) is 17.5. The van der Waals surface area contributed by atoms with Crippen LogP contribution in [0.15, 0.2) is 77.7 Å². The summed E-state index contributed by atoms with van der Waals surface area (Å²) < 4.78 is 60.7. The average molecular weight is 608 g/mol. The van der Waals surface area contributed by atoms with Crippen LogP contribution in [0.3, 0.4) is 0 Å². The highest BCUT2D eigenvalue weighted by Crippen LogP contribution is 2.43. The maximum atomic E-state index is 12.1. The SMILES string of the molecule is C=S(=O)(O)CCN1/C(=C/C(=C/C2=C(CCCS(=O)(=O)O)c3c(ccc4ccccc34)C2)CC)Oc2cc(C)c(C)cc21. The molecule has 0 saturated carbocycles. The first kappa shape index (κ1) is 30.1. The molecule has 0 aromatic heterocycles. The van der Waals surface area contributed by atoms with E-state index in [-0.39, 0.29) is 18.1 Å². The summed E-state index contributed by atoms with van der Waals surface area (Å²) in [4.78, 5) is 1.94. The lowest BCUT2D eigenvalue weighted by Gasteiger charge is -2.19. The third-order valence-corrected chi connectivity index (χ3v) is 9.60. The number of benzene rings is 3. The molecule has 0 amide bonds. The molecule has 0 spiro atoms. The van der Waals surface area contributed by atoms with E-state index in [2.05, 4.69) is 43.1 Å². The molecule has 1 unspecified atom stereocenters. The second kappa shape index (κ2) is 11.7. The maximum Gasteiger partial charge on any atom is 0.264 e. The lowest BCUT2D eigenvalue weighted by atomic mass is 9.94. The van der Waals surface area contributed by atoms with Gasteiger partial charge in [0.25, 0.3) is 10.1 Å². The van der Waals surface area contributed by atoms with Crippen molar-refractivity contribution in [2.24, 2.45) is 0 Å². The molecule has 9 heteroatoms. The summed E-state index contributed by atoms with van der Waals surface area (Å²) in [6.07, 6.45) is 6.39. The van der Waals surface area contributed by atoms with E-state index in [1.807, 2.05) is 49.1 Å². The van der Waals surface area contributed by atoms with Crippen LogP contribution >= 0.6 is 0 Å². The van der Waals surface area contributed by atoms with Gasteiger partial charge >= 0.3 is 0 Å². The molecular weight excluding hydrogens is 570 g/mol. The topological polar surface area (TPSA) is 104 Å². The van der Waals surface area contributed by atoms with Crippen molar-refractivity contribution < 1.29 is 26.5 Å². The second-order valence-electron chi connectivity index (χ2n) is 11.1. The molecule has 1 heterocycles. The predicted molar refractivity (Wildman–Crippen MR) is 173 cm³/mol. The minimum atomic E-state index is -4.06. The Bertz CT molecular complexity index is 1870. The van der Waals surface area contributed by atoms with Crippen molar-refractivity contribution in [2.45, 2.75) is 46.5 Å². The van der Waals surface area contributed by atoms with E-state index in [1.165, 1.54) is 5.56 Å². The Hall–Kier alpha value is -3.37. The largest absolute Gasteiger partial charge is 0.439 e. The van der Waals surface area contributed by atoms with Gasteiger partial charge in [0.05, 0.1) is 27.0 Å². The molecule has 5 rings (SSSR count). The smallest absolute Gasteiger partial charge is 0.264 e. The second-order valence-corrected chi connectivity index (χ2v) is 14.6. The van der Waals surface area contributed by atoms with Gasteiger partial charge in [-0.1, -0.05) is 49.4 Å². The van der Waals surface area contributed by atoms with Crippen LogP contribution in [0, 0.1) is 13.8 Å². The van der Waals surface area contributed by atoms with Crippen molar-refractivity contribution in [3.8, 4) is 5.75 Å². The first-order valence-corrected chi connectivity index (χ1v) is 17.5. The lowest BCUT2D eigenvalue weighted by Crippen LogP contribution is -2.27. The van der Waals surface area contributed by atoms with Gasteiger partial charge in [0, 0.05) is 12.6 Å². The molecule has 7 nitrogen and oxygen atoms in total. The maximum absolute atomic E-state index is 12.1. The van der Waals surface area contributed by atoms with Crippen molar-refractivity contribution >= 4 is 47.8 Å². The zero-order valence-electron chi connectivity index (χ0n) is 24.2. The van der Waals surface area contributed by atoms with Crippen molar-refractivity contribution in [1.29, 1.82) is 0 Å². The van der Waals surface area contributed by atoms with E-state index < -0.39 is 19.9 Å². The van der Waals surface area contributed by atoms with Crippen molar-refractivity contribution in [3.63, 3.8) is 0 Å². The summed E-state index contributed by atoms with van der Waals surface area (Å²) in [5.41, 5.74) is 8.59. The molecule has 0 fully saturated rings. The summed E-state index contributed by atoms with van der Waals surface area (Å²) in [6.45, 7) is 6.39. The highest BCUT2D eigenvalue weighted by atomic mass is 32.2. The van der Waals surface area contributed by atoms with Crippen LogP contribution in [0.25, 0.3) is 16.3 Å². The third kappa shape index (κ3) is 6.65. The number of anilines is 1. The number of fused-ring (bicyclic) bond motifs is 4. The molecule has 0 bridgehead atoms. The molecular formula is C33H37NO6S2. The van der Waals surface area contributed by atoms with Crippen molar-refractivity contribution in [1.82, 2.24) is 0 Å². The number of hydrogen-bond acceptors (Lipinski definition) is 5. The number of nitrogens with zero attached hydrogens (tertiary/aromatic N) is 1. The van der Waals surface area contributed by atoms with Crippen molar-refractivity contribution in [3.05, 3.63) is 100.0 Å². The van der Waals surface area contributed by atoms with Crippen molar-refractivity contribution in [2.75, 3.05) is 23.0 Å². The molecule has 42 heavy (non-hydrogen) atoms. The highest BCUT2D eigenvalue weighted by molar-refractivity contribution is 7.95. The zero-order chi connectivity index (χ0) is 30.2. The van der Waals surface area contributed by atoms with E-state index >= 15 is 0 Å². The number of ether oxygens (including phenoxy) is 1. The Morgan fingerprint density at radius 1 is 1.05 bits per heavy atom. The van der Waals surface area contributed by atoms with Gasteiger partial charge in [-0.25, -0.2) is 4.21 Å². The summed E-state index contributed by atoms with van der Waals surface area (Å²) in [5, 5.41) is 2.25. The van der Waals surface area contributed by atoms with Crippen LogP contribution in [0.2, 0.25) is 0 Å². The fourth-order valence-electron chi connectivity index (χ4n) is 5.70. The Morgan fingerprint density at radius 2 is 1.79 bits per heavy atom. The average Bonchev–Trinajstić information content (AvgIpc) is 3.43. The summed E-state index contributed by atoms with van der Waals surface area (Å²) >= 11 is 0. The molecule has 2 N–H and O–H groups in total. The summed E-state index contributed by atoms with van der Waals surface area (Å²) in [7, 11) is -7.25. The summed E-state index contributed by atoms with van der Waals surface area (Å²) in [6, 6.07) is 16.5. The molecule has 0 radical (unpaired) electrons. The standard InChI is InChI=1S/C33H37NO6S2/c1-5-24(20-32-34(14-16-41(4,35)36)30-17-22(2)23(3)18-31(30)40-32)19-27-21-26-13-12-25-9-6-7-10-28(25)33(26)29(27)11-8-15-42(37,38)39/h6-7,9-10,12-13,17-20H,4-5,8,11,14-16,21H2,1-3H3,(H,35,36)(H,37,38,39)/b24-19+,32-20-. The Morgan fingerprint density at radius 3 is 2.50 bits per heavy atom. The van der Waals surface area contributed by atoms with Gasteiger partial charge in [0.2, 0.25) is 5.88 Å². The van der Waals surface area contributed by atoms with Gasteiger partial charge in [-0.05, 0) is 107 Å². The van der Waals surface area contributed by atoms with E-state index in [0.717, 1.165) is 49.9 Å². The lowest BCUT2D eigenvalue weighted by molar-refractivity contribution is 0.438. The van der Waals surface area contributed by atoms with Crippen LogP contribution in [0.5, 0.6) is 5.75 Å². The number of rotatable bonds is 10. The Kier molecular flexibility index (Phi) is 8.40. The Balaban J connectivity index is 1.57. The third-order valence-electron chi connectivity index (χ3n) is 7.97. The molecule has 1 aliphatic heterocycles. The van der Waals surface area contributed by atoms with Gasteiger partial charge in [0.1, 0.15) is 0 Å². The molecule has 0 saturated heterocycles. The van der Waals surface area contributed by atoms with Crippen LogP contribution in [-0.4, -0.2) is 45.7 Å². The van der Waals surface area contributed by atoms with E-state index in [0.29, 0.717) is 37.3 Å². The minimum Gasteiger partial charge on any atom is -0.439 e. The van der Waals surface area contributed by atoms with Gasteiger partial charge in [-0.3, -0.25) is 4.55 Å². The van der Waals surface area contributed by atoms with Crippen LogP contribution in [0.1, 0.15) is 48.4 Å². The highest BCUT2D eigenvalue weighted by Gasteiger charge is 2.28. The fourth-order valence-corrected chi connectivity index (χ4v) is 6.68. The molecule has 1 aliphatic carbocycles. The molecule has 3 aromatic rings. The molecule has 2 aliphatic rings. The number of allylic oxidation sites excluding steroid dienone is 5. The quantitative estimate of drug-likeness (QED) is 0.195. The Labute approximate surface area is 248 Å². The zero-order valence-corrected chi connectivity index (χ0v) is 25.9. The van der Waals surface area contributed by atoms with Crippen LogP contribution < -0.4 is 9.64 Å².